The van der Waals surface area contributed by atoms with Gasteiger partial charge >= 0.3 is 6.09 Å². The number of nitrogens with two attached hydrogens (primary N) is 1. The van der Waals surface area contributed by atoms with E-state index in [-0.39, 0.29) is 6.09 Å². The van der Waals surface area contributed by atoms with Gasteiger partial charge in [0.25, 0.3) is 0 Å². The van der Waals surface area contributed by atoms with Gasteiger partial charge < -0.3 is 15.4 Å². The van der Waals surface area contributed by atoms with Crippen molar-refractivity contribution in [1.29, 1.82) is 0 Å². The minimum atomic E-state index is -0.433. The number of rotatable bonds is 2. The van der Waals surface area contributed by atoms with E-state index in [9.17, 15) is 4.79 Å². The minimum absolute atomic E-state index is 0.214. The molecule has 1 amide bonds. The lowest BCUT2D eigenvalue weighted by molar-refractivity contribution is -0.00668. The summed E-state index contributed by atoms with van der Waals surface area (Å²) >= 11 is 0. The zero-order valence-corrected chi connectivity index (χ0v) is 12.3. The number of ether oxygens (including phenoxy) is 1. The monoisotopic (exact) mass is 257 g/mol. The Balaban J connectivity index is 2.59. The van der Waals surface area contributed by atoms with Crippen LogP contribution in [0.15, 0.2) is 0 Å². The third-order valence-electron chi connectivity index (χ3n) is 3.14. The molecule has 106 valence electrons. The number of piperazine rings is 1. The van der Waals surface area contributed by atoms with E-state index in [1.165, 1.54) is 0 Å². The van der Waals surface area contributed by atoms with Crippen LogP contribution in [-0.2, 0) is 4.74 Å². The molecule has 0 saturated carbocycles. The van der Waals surface area contributed by atoms with Gasteiger partial charge in [0.05, 0.1) is 0 Å². The van der Waals surface area contributed by atoms with Crippen LogP contribution in [0.4, 0.5) is 4.79 Å². The maximum Gasteiger partial charge on any atom is 0.410 e. The highest BCUT2D eigenvalue weighted by Gasteiger charge is 2.33. The largest absolute Gasteiger partial charge is 0.444 e. The lowest BCUT2D eigenvalue weighted by atomic mass is 10.1. The molecular weight excluding hydrogens is 230 g/mol. The zero-order valence-electron chi connectivity index (χ0n) is 12.3. The highest BCUT2D eigenvalue weighted by atomic mass is 16.6. The lowest BCUT2D eigenvalue weighted by Gasteiger charge is -2.44. The van der Waals surface area contributed by atoms with Crippen LogP contribution in [0, 0.1) is 0 Å². The highest BCUT2D eigenvalue weighted by Crippen LogP contribution is 2.18. The van der Waals surface area contributed by atoms with Crippen molar-refractivity contribution in [1.82, 2.24) is 9.80 Å². The first-order chi connectivity index (χ1) is 8.24. The topological polar surface area (TPSA) is 58.8 Å². The summed E-state index contributed by atoms with van der Waals surface area (Å²) in [4.78, 5) is 16.2. The van der Waals surface area contributed by atoms with Gasteiger partial charge in [-0.3, -0.25) is 4.90 Å². The van der Waals surface area contributed by atoms with Crippen molar-refractivity contribution in [3.8, 4) is 0 Å². The lowest BCUT2D eigenvalue weighted by Crippen LogP contribution is -2.59. The van der Waals surface area contributed by atoms with Crippen LogP contribution in [0.5, 0.6) is 0 Å². The molecule has 1 aliphatic heterocycles. The van der Waals surface area contributed by atoms with Gasteiger partial charge in [-0.05, 0) is 34.6 Å². The molecule has 0 aromatic heterocycles. The molecule has 5 heteroatoms. The van der Waals surface area contributed by atoms with Gasteiger partial charge in [0.2, 0.25) is 0 Å². The number of hydrogen-bond acceptors (Lipinski definition) is 4. The molecule has 0 aliphatic carbocycles. The first kappa shape index (κ1) is 15.2. The van der Waals surface area contributed by atoms with Crippen molar-refractivity contribution >= 4 is 6.09 Å². The molecule has 1 rings (SSSR count). The van der Waals surface area contributed by atoms with E-state index in [0.29, 0.717) is 31.7 Å². The summed E-state index contributed by atoms with van der Waals surface area (Å²) in [6.07, 6.45) is -0.214. The Hall–Kier alpha value is -0.810. The van der Waals surface area contributed by atoms with Crippen molar-refractivity contribution in [3.05, 3.63) is 0 Å². The first-order valence-corrected chi connectivity index (χ1v) is 6.68. The molecule has 1 saturated heterocycles. The zero-order chi connectivity index (χ0) is 13.9. The maximum atomic E-state index is 12.0. The second-order valence-electron chi connectivity index (χ2n) is 6.11. The first-order valence-electron chi connectivity index (χ1n) is 6.68. The summed E-state index contributed by atoms with van der Waals surface area (Å²) in [5, 5.41) is 0. The average Bonchev–Trinajstić information content (AvgIpc) is 2.20. The number of carbonyl (C=O) groups excluding carboxylic acids is 1. The molecule has 0 radical (unpaired) electrons. The number of carbonyl (C=O) groups is 1. The molecule has 1 heterocycles. The Bertz CT molecular complexity index is 276. The molecule has 2 atom stereocenters. The van der Waals surface area contributed by atoms with Crippen molar-refractivity contribution in [3.63, 3.8) is 0 Å². The van der Waals surface area contributed by atoms with Crippen molar-refractivity contribution in [2.45, 2.75) is 52.3 Å². The summed E-state index contributed by atoms with van der Waals surface area (Å²) in [7, 11) is 0. The Morgan fingerprint density at radius 1 is 1.28 bits per heavy atom. The normalized spacial score (nSPS) is 26.2. The smallest absolute Gasteiger partial charge is 0.410 e. The van der Waals surface area contributed by atoms with Crippen LogP contribution in [0.2, 0.25) is 0 Å². The van der Waals surface area contributed by atoms with Gasteiger partial charge in [-0.15, -0.1) is 0 Å². The van der Waals surface area contributed by atoms with Gasteiger partial charge in [-0.2, -0.15) is 0 Å². The van der Waals surface area contributed by atoms with Crippen molar-refractivity contribution in [2.75, 3.05) is 26.2 Å². The van der Waals surface area contributed by atoms with E-state index >= 15 is 0 Å². The predicted molar refractivity (Wildman–Crippen MR) is 72.5 cm³/mol. The second-order valence-corrected chi connectivity index (χ2v) is 6.11. The fourth-order valence-corrected chi connectivity index (χ4v) is 2.42. The molecule has 0 bridgehead atoms. The minimum Gasteiger partial charge on any atom is -0.444 e. The van der Waals surface area contributed by atoms with Crippen LogP contribution in [0.3, 0.4) is 0 Å². The standard InChI is InChI=1S/C13H27N3O2/c1-10-8-15(12(17)18-13(3,4)5)9-11(2)16(10)7-6-14/h10-11H,6-9,14H2,1-5H3. The molecule has 5 nitrogen and oxygen atoms in total. The summed E-state index contributed by atoms with van der Waals surface area (Å²) < 4.78 is 5.41. The Labute approximate surface area is 110 Å². The summed E-state index contributed by atoms with van der Waals surface area (Å²) in [6, 6.07) is 0.648. The van der Waals surface area contributed by atoms with Gasteiger partial charge in [-0.25, -0.2) is 4.79 Å². The van der Waals surface area contributed by atoms with Crippen LogP contribution in [0.1, 0.15) is 34.6 Å². The molecule has 0 aromatic carbocycles. The van der Waals surface area contributed by atoms with Crippen LogP contribution in [-0.4, -0.2) is 59.8 Å². The molecule has 2 unspecified atom stereocenters. The Morgan fingerprint density at radius 2 is 1.78 bits per heavy atom. The Morgan fingerprint density at radius 3 is 2.17 bits per heavy atom. The van der Waals surface area contributed by atoms with E-state index in [0.717, 1.165) is 6.54 Å². The van der Waals surface area contributed by atoms with Crippen LogP contribution < -0.4 is 5.73 Å². The number of nitrogens with zero attached hydrogens (tertiary/aromatic N) is 2. The van der Waals surface area contributed by atoms with E-state index in [1.54, 1.807) is 4.90 Å². The number of amides is 1. The van der Waals surface area contributed by atoms with E-state index in [2.05, 4.69) is 18.7 Å². The summed E-state index contributed by atoms with van der Waals surface area (Å²) in [5.41, 5.74) is 5.18. The van der Waals surface area contributed by atoms with Gasteiger partial charge in [0.15, 0.2) is 0 Å². The van der Waals surface area contributed by atoms with Crippen molar-refractivity contribution in [2.24, 2.45) is 5.73 Å². The predicted octanol–water partition coefficient (Wildman–Crippen LogP) is 1.27. The molecule has 2 N–H and O–H groups in total. The SMILES string of the molecule is CC1CN(C(=O)OC(C)(C)C)CC(C)N1CCN. The number of hydrogen-bond donors (Lipinski definition) is 1. The molecule has 1 aliphatic rings. The maximum absolute atomic E-state index is 12.0. The Kier molecular flexibility index (Phi) is 4.99. The van der Waals surface area contributed by atoms with Crippen LogP contribution in [0.25, 0.3) is 0 Å². The van der Waals surface area contributed by atoms with Gasteiger partial charge in [-0.1, -0.05) is 0 Å². The van der Waals surface area contributed by atoms with Gasteiger partial charge in [0.1, 0.15) is 5.60 Å². The average molecular weight is 257 g/mol. The quantitative estimate of drug-likeness (QED) is 0.809. The molecular formula is C13H27N3O2. The fourth-order valence-electron chi connectivity index (χ4n) is 2.42. The molecule has 18 heavy (non-hydrogen) atoms. The second kappa shape index (κ2) is 5.89. The van der Waals surface area contributed by atoms with E-state index in [4.69, 9.17) is 10.5 Å². The molecule has 0 aromatic rings. The van der Waals surface area contributed by atoms with E-state index < -0.39 is 5.60 Å². The molecule has 0 spiro atoms. The summed E-state index contributed by atoms with van der Waals surface area (Å²) in [6.45, 7) is 12.9. The van der Waals surface area contributed by atoms with Gasteiger partial charge in [0, 0.05) is 38.3 Å². The van der Waals surface area contributed by atoms with Crippen LogP contribution >= 0.6 is 0 Å². The van der Waals surface area contributed by atoms with Crippen molar-refractivity contribution < 1.29 is 9.53 Å². The molecule has 1 fully saturated rings. The highest BCUT2D eigenvalue weighted by molar-refractivity contribution is 5.68. The summed E-state index contributed by atoms with van der Waals surface area (Å²) in [5.74, 6) is 0. The fraction of sp³-hybridized carbons (Fsp3) is 0.923. The third kappa shape index (κ3) is 4.14. The third-order valence-corrected chi connectivity index (χ3v) is 3.14. The van der Waals surface area contributed by atoms with E-state index in [1.807, 2.05) is 20.8 Å².